The number of nitrogens with zero attached hydrogens (tertiary/aromatic N) is 1. The Labute approximate surface area is 139 Å². The Balaban J connectivity index is 1.75. The van der Waals surface area contributed by atoms with Gasteiger partial charge in [-0.05, 0) is 35.9 Å². The molecular formula is C16H22N4O2S. The number of amides is 1. The predicted molar refractivity (Wildman–Crippen MR) is 92.6 cm³/mol. The molecule has 0 aliphatic carbocycles. The third-order valence-electron chi connectivity index (χ3n) is 3.31. The highest BCUT2D eigenvalue weighted by Crippen LogP contribution is 2.13. The van der Waals surface area contributed by atoms with Crippen molar-refractivity contribution in [2.75, 3.05) is 13.6 Å². The number of hydrogen-bond donors (Lipinski definition) is 3. The number of thiophene rings is 1. The maximum atomic E-state index is 11.0. The van der Waals surface area contributed by atoms with Crippen LogP contribution in [0.1, 0.15) is 28.1 Å². The highest BCUT2D eigenvalue weighted by Gasteiger charge is 2.09. The number of hydrogen-bond acceptors (Lipinski definition) is 4. The number of primary amides is 1. The molecule has 0 aromatic carbocycles. The fraction of sp³-hybridized carbons (Fsp3) is 0.375. The summed E-state index contributed by atoms with van der Waals surface area (Å²) in [5.41, 5.74) is 5.16. The number of aliphatic imine (C=N–C) groups is 1. The molecule has 0 spiro atoms. The molecule has 2 rings (SSSR count). The van der Waals surface area contributed by atoms with Gasteiger partial charge in [0.05, 0.1) is 6.54 Å². The lowest BCUT2D eigenvalue weighted by atomic mass is 10.1. The molecule has 1 atom stereocenters. The number of nitrogens with one attached hydrogen (secondary N) is 2. The lowest BCUT2D eigenvalue weighted by Gasteiger charge is -2.15. The first-order valence-corrected chi connectivity index (χ1v) is 8.32. The van der Waals surface area contributed by atoms with Gasteiger partial charge in [-0.2, -0.15) is 0 Å². The van der Waals surface area contributed by atoms with E-state index >= 15 is 0 Å². The summed E-state index contributed by atoms with van der Waals surface area (Å²) in [6.07, 6.45) is 1.04. The fourth-order valence-corrected chi connectivity index (χ4v) is 2.98. The molecule has 23 heavy (non-hydrogen) atoms. The topological polar surface area (TPSA) is 92.6 Å². The molecule has 2 aromatic rings. The average Bonchev–Trinajstić information content (AvgIpc) is 3.18. The molecule has 124 valence electrons. The van der Waals surface area contributed by atoms with Crippen molar-refractivity contribution in [1.29, 1.82) is 0 Å². The number of carbonyl (C=O) groups is 1. The van der Waals surface area contributed by atoms with Gasteiger partial charge < -0.3 is 20.8 Å². The Bertz CT molecular complexity index is 649. The Morgan fingerprint density at radius 2 is 2.22 bits per heavy atom. The predicted octanol–water partition coefficient (Wildman–Crippen LogP) is 1.98. The standard InChI is InChI=1S/C16H22N4O2S/c1-11(8-13-4-3-7-23-13)9-19-16(18-2)20-10-12-5-6-14(22-12)15(17)21/h3-7,11H,8-10H2,1-2H3,(H2,17,21)(H2,18,19,20). The second kappa shape index (κ2) is 8.38. The molecular weight excluding hydrogens is 312 g/mol. The summed E-state index contributed by atoms with van der Waals surface area (Å²) in [6, 6.07) is 7.52. The van der Waals surface area contributed by atoms with E-state index < -0.39 is 5.91 Å². The maximum absolute atomic E-state index is 11.0. The first kappa shape index (κ1) is 17.1. The third kappa shape index (κ3) is 5.45. The zero-order chi connectivity index (χ0) is 16.7. The van der Waals surface area contributed by atoms with Crippen molar-refractivity contribution >= 4 is 23.2 Å². The van der Waals surface area contributed by atoms with Crippen molar-refractivity contribution < 1.29 is 9.21 Å². The average molecular weight is 334 g/mol. The lowest BCUT2D eigenvalue weighted by Crippen LogP contribution is -2.39. The summed E-state index contributed by atoms with van der Waals surface area (Å²) >= 11 is 1.78. The van der Waals surface area contributed by atoms with Gasteiger partial charge in [0.15, 0.2) is 11.7 Å². The minimum atomic E-state index is -0.568. The summed E-state index contributed by atoms with van der Waals surface area (Å²) in [5, 5.41) is 8.54. The minimum Gasteiger partial charge on any atom is -0.454 e. The zero-order valence-electron chi connectivity index (χ0n) is 13.3. The van der Waals surface area contributed by atoms with Gasteiger partial charge in [0.2, 0.25) is 0 Å². The van der Waals surface area contributed by atoms with Gasteiger partial charge in [0.1, 0.15) is 5.76 Å². The quantitative estimate of drug-likeness (QED) is 0.533. The van der Waals surface area contributed by atoms with Crippen molar-refractivity contribution in [3.8, 4) is 0 Å². The molecule has 0 radical (unpaired) electrons. The Morgan fingerprint density at radius 1 is 1.39 bits per heavy atom. The molecule has 1 unspecified atom stereocenters. The van der Waals surface area contributed by atoms with E-state index in [2.05, 4.69) is 40.1 Å². The van der Waals surface area contributed by atoms with E-state index in [-0.39, 0.29) is 5.76 Å². The van der Waals surface area contributed by atoms with Gasteiger partial charge in [0, 0.05) is 18.5 Å². The van der Waals surface area contributed by atoms with Crippen LogP contribution in [0.3, 0.4) is 0 Å². The van der Waals surface area contributed by atoms with E-state index in [1.807, 2.05) is 0 Å². The van der Waals surface area contributed by atoms with Crippen LogP contribution in [-0.4, -0.2) is 25.5 Å². The summed E-state index contributed by atoms with van der Waals surface area (Å²) < 4.78 is 5.32. The van der Waals surface area contributed by atoms with Crippen molar-refractivity contribution in [2.24, 2.45) is 16.6 Å². The molecule has 4 N–H and O–H groups in total. The molecule has 6 nitrogen and oxygen atoms in total. The number of guanidine groups is 1. The summed E-state index contributed by atoms with van der Waals surface area (Å²) in [6.45, 7) is 3.46. The lowest BCUT2D eigenvalue weighted by molar-refractivity contribution is 0.0972. The van der Waals surface area contributed by atoms with Crippen molar-refractivity contribution in [2.45, 2.75) is 19.9 Å². The number of rotatable bonds is 7. The van der Waals surface area contributed by atoms with Crippen molar-refractivity contribution in [3.05, 3.63) is 46.0 Å². The van der Waals surface area contributed by atoms with Crippen LogP contribution in [-0.2, 0) is 13.0 Å². The number of carbonyl (C=O) groups excluding carboxylic acids is 1. The molecule has 0 aliphatic heterocycles. The largest absolute Gasteiger partial charge is 0.454 e. The number of furan rings is 1. The van der Waals surface area contributed by atoms with Crippen LogP contribution < -0.4 is 16.4 Å². The van der Waals surface area contributed by atoms with Crippen molar-refractivity contribution in [1.82, 2.24) is 10.6 Å². The maximum Gasteiger partial charge on any atom is 0.284 e. The molecule has 1 amide bonds. The van der Waals surface area contributed by atoms with Gasteiger partial charge in [-0.15, -0.1) is 11.3 Å². The monoisotopic (exact) mass is 334 g/mol. The third-order valence-corrected chi connectivity index (χ3v) is 4.20. The Hall–Kier alpha value is -2.28. The van der Waals surface area contributed by atoms with Gasteiger partial charge in [-0.3, -0.25) is 9.79 Å². The SMILES string of the molecule is CN=C(NCc1ccc(C(N)=O)o1)NCC(C)Cc1cccs1. The zero-order valence-corrected chi connectivity index (χ0v) is 14.2. The molecule has 0 saturated carbocycles. The highest BCUT2D eigenvalue weighted by atomic mass is 32.1. The number of nitrogens with two attached hydrogens (primary N) is 1. The van der Waals surface area contributed by atoms with E-state index in [1.54, 1.807) is 30.5 Å². The minimum absolute atomic E-state index is 0.161. The van der Waals surface area contributed by atoms with Crippen LogP contribution in [0.15, 0.2) is 39.1 Å². The van der Waals surface area contributed by atoms with Crippen LogP contribution in [0.2, 0.25) is 0 Å². The van der Waals surface area contributed by atoms with E-state index in [0.29, 0.717) is 24.2 Å². The van der Waals surface area contributed by atoms with E-state index in [9.17, 15) is 4.79 Å². The summed E-state index contributed by atoms with van der Waals surface area (Å²) in [5.74, 6) is 1.42. The molecule has 0 bridgehead atoms. The molecule has 7 heteroatoms. The fourth-order valence-electron chi connectivity index (χ4n) is 2.11. The first-order valence-electron chi connectivity index (χ1n) is 7.44. The van der Waals surface area contributed by atoms with E-state index in [0.717, 1.165) is 13.0 Å². The van der Waals surface area contributed by atoms with Crippen LogP contribution in [0, 0.1) is 5.92 Å². The second-order valence-electron chi connectivity index (χ2n) is 5.33. The molecule has 2 aromatic heterocycles. The second-order valence-corrected chi connectivity index (χ2v) is 6.36. The normalized spacial score (nSPS) is 12.9. The smallest absolute Gasteiger partial charge is 0.284 e. The molecule has 2 heterocycles. The molecule has 0 aliphatic rings. The molecule has 0 fully saturated rings. The van der Waals surface area contributed by atoms with Crippen LogP contribution in [0.4, 0.5) is 0 Å². The van der Waals surface area contributed by atoms with Gasteiger partial charge in [0.25, 0.3) is 5.91 Å². The summed E-state index contributed by atoms with van der Waals surface area (Å²) in [4.78, 5) is 16.6. The van der Waals surface area contributed by atoms with E-state index in [4.69, 9.17) is 10.2 Å². The van der Waals surface area contributed by atoms with Gasteiger partial charge in [-0.1, -0.05) is 13.0 Å². The van der Waals surface area contributed by atoms with Crippen LogP contribution in [0.5, 0.6) is 0 Å². The van der Waals surface area contributed by atoms with Crippen LogP contribution in [0.25, 0.3) is 0 Å². The first-order chi connectivity index (χ1) is 11.1. The Kier molecular flexibility index (Phi) is 6.22. The van der Waals surface area contributed by atoms with Crippen LogP contribution >= 0.6 is 11.3 Å². The van der Waals surface area contributed by atoms with Gasteiger partial charge in [-0.25, -0.2) is 0 Å². The van der Waals surface area contributed by atoms with E-state index in [1.165, 1.54) is 4.88 Å². The Morgan fingerprint density at radius 3 is 2.83 bits per heavy atom. The molecule has 0 saturated heterocycles. The summed E-state index contributed by atoms with van der Waals surface area (Å²) in [7, 11) is 1.72. The van der Waals surface area contributed by atoms with Crippen molar-refractivity contribution in [3.63, 3.8) is 0 Å². The highest BCUT2D eigenvalue weighted by molar-refractivity contribution is 7.09. The van der Waals surface area contributed by atoms with Gasteiger partial charge >= 0.3 is 0 Å².